The highest BCUT2D eigenvalue weighted by molar-refractivity contribution is 6.31. The summed E-state index contributed by atoms with van der Waals surface area (Å²) in [6.07, 6.45) is 3.09. The maximum absolute atomic E-state index is 12.8. The lowest BCUT2D eigenvalue weighted by Crippen LogP contribution is -2.44. The third kappa shape index (κ3) is 4.58. The molecule has 2 aliphatic heterocycles. The highest BCUT2D eigenvalue weighted by Crippen LogP contribution is 2.29. The Morgan fingerprint density at radius 3 is 2.90 bits per heavy atom. The monoisotopic (exact) mass is 436 g/mol. The minimum absolute atomic E-state index is 0.0461. The van der Waals surface area contributed by atoms with Gasteiger partial charge in [0.05, 0.1) is 0 Å². The molecule has 162 valence electrons. The Morgan fingerprint density at radius 2 is 2.03 bits per heavy atom. The average molecular weight is 437 g/mol. The number of carbonyl (C=O) groups is 1. The minimum Gasteiger partial charge on any atom is -0.358 e. The number of rotatable bonds is 5. The van der Waals surface area contributed by atoms with Crippen LogP contribution in [0.5, 0.6) is 0 Å². The first kappa shape index (κ1) is 20.4. The molecule has 1 unspecified atom stereocenters. The van der Waals surface area contributed by atoms with Crippen LogP contribution in [0.25, 0.3) is 10.9 Å². The zero-order valence-electron chi connectivity index (χ0n) is 17.7. The Morgan fingerprint density at radius 1 is 1.16 bits per heavy atom. The standard InChI is InChI=1S/C25H29ClN4O/c26-20-6-7-23-21(14-20)22-17-30(13-10-24(22)28-23)25(31)27-15-19-9-12-29(16-19)11-8-18-4-2-1-3-5-18/h1-7,14,19,28H,8-13,15-17H2,(H,27,31). The van der Waals surface area contributed by atoms with E-state index in [0.717, 1.165) is 67.9 Å². The van der Waals surface area contributed by atoms with Crippen molar-refractivity contribution >= 4 is 28.5 Å². The highest BCUT2D eigenvalue weighted by Gasteiger charge is 2.26. The van der Waals surface area contributed by atoms with Crippen LogP contribution >= 0.6 is 11.6 Å². The normalized spacial score (nSPS) is 19.0. The third-order valence-electron chi connectivity index (χ3n) is 6.70. The van der Waals surface area contributed by atoms with Crippen molar-refractivity contribution in [2.24, 2.45) is 5.92 Å². The number of likely N-dealkylation sites (tertiary alicyclic amines) is 1. The van der Waals surface area contributed by atoms with Crippen LogP contribution in [0.15, 0.2) is 48.5 Å². The first-order chi connectivity index (χ1) is 15.2. The second-order valence-electron chi connectivity index (χ2n) is 8.82. The fraction of sp³-hybridized carbons (Fsp3) is 0.400. The van der Waals surface area contributed by atoms with Crippen LogP contribution in [0.3, 0.4) is 0 Å². The van der Waals surface area contributed by atoms with Gasteiger partial charge in [0.2, 0.25) is 0 Å². The molecule has 3 aromatic rings. The molecule has 0 bridgehead atoms. The van der Waals surface area contributed by atoms with Gasteiger partial charge in [-0.1, -0.05) is 41.9 Å². The molecule has 1 atom stereocenters. The van der Waals surface area contributed by atoms with Crippen LogP contribution in [-0.4, -0.2) is 53.5 Å². The van der Waals surface area contributed by atoms with Crippen molar-refractivity contribution in [1.29, 1.82) is 0 Å². The van der Waals surface area contributed by atoms with E-state index in [4.69, 9.17) is 11.6 Å². The van der Waals surface area contributed by atoms with Gasteiger partial charge in [-0.2, -0.15) is 0 Å². The maximum Gasteiger partial charge on any atom is 0.317 e. The molecule has 1 fully saturated rings. The SMILES string of the molecule is O=C(NCC1CCN(CCc2ccccc2)C1)N1CCc2[nH]c3ccc(Cl)cc3c2C1. The lowest BCUT2D eigenvalue weighted by atomic mass is 10.0. The lowest BCUT2D eigenvalue weighted by Gasteiger charge is -2.28. The van der Waals surface area contributed by atoms with Gasteiger partial charge in [0.1, 0.15) is 0 Å². The molecular formula is C25H29ClN4O. The number of halogens is 1. The van der Waals surface area contributed by atoms with Crippen molar-refractivity contribution in [3.63, 3.8) is 0 Å². The number of fused-ring (bicyclic) bond motifs is 3. The number of urea groups is 1. The Hall–Kier alpha value is -2.50. The second kappa shape index (κ2) is 8.93. The summed E-state index contributed by atoms with van der Waals surface area (Å²) >= 11 is 6.20. The highest BCUT2D eigenvalue weighted by atomic mass is 35.5. The molecule has 1 saturated heterocycles. The first-order valence-electron chi connectivity index (χ1n) is 11.2. The van der Waals surface area contributed by atoms with E-state index in [-0.39, 0.29) is 6.03 Å². The van der Waals surface area contributed by atoms with E-state index in [9.17, 15) is 4.79 Å². The van der Waals surface area contributed by atoms with Gasteiger partial charge < -0.3 is 20.1 Å². The smallest absolute Gasteiger partial charge is 0.317 e. The van der Waals surface area contributed by atoms with Crippen LogP contribution in [-0.2, 0) is 19.4 Å². The molecule has 2 N–H and O–H groups in total. The van der Waals surface area contributed by atoms with Crippen LogP contribution in [0.2, 0.25) is 5.02 Å². The summed E-state index contributed by atoms with van der Waals surface area (Å²) in [6.45, 7) is 5.41. The number of nitrogens with one attached hydrogen (secondary N) is 2. The third-order valence-corrected chi connectivity index (χ3v) is 6.93. The average Bonchev–Trinajstić information content (AvgIpc) is 3.40. The number of amides is 2. The number of aromatic nitrogens is 1. The Balaban J connectivity index is 1.11. The molecule has 0 saturated carbocycles. The van der Waals surface area contributed by atoms with E-state index in [2.05, 4.69) is 45.5 Å². The molecule has 31 heavy (non-hydrogen) atoms. The molecule has 6 heteroatoms. The number of H-pyrrole nitrogens is 1. The number of hydrogen-bond acceptors (Lipinski definition) is 2. The molecule has 0 spiro atoms. The number of nitrogens with zero attached hydrogens (tertiary/aromatic N) is 2. The molecule has 5 rings (SSSR count). The summed E-state index contributed by atoms with van der Waals surface area (Å²) in [7, 11) is 0. The minimum atomic E-state index is 0.0461. The van der Waals surface area contributed by atoms with Gasteiger partial charge in [0.15, 0.2) is 0 Å². The van der Waals surface area contributed by atoms with Crippen LogP contribution in [0.1, 0.15) is 23.2 Å². The summed E-state index contributed by atoms with van der Waals surface area (Å²) in [5.74, 6) is 0.534. The van der Waals surface area contributed by atoms with Crippen molar-refractivity contribution in [3.05, 3.63) is 70.4 Å². The number of hydrogen-bond donors (Lipinski definition) is 2. The van der Waals surface area contributed by atoms with E-state index in [1.807, 2.05) is 23.1 Å². The van der Waals surface area contributed by atoms with Crippen molar-refractivity contribution < 1.29 is 4.79 Å². The second-order valence-corrected chi connectivity index (χ2v) is 9.26. The zero-order valence-corrected chi connectivity index (χ0v) is 18.5. The van der Waals surface area contributed by atoms with Gasteiger partial charge in [-0.3, -0.25) is 0 Å². The summed E-state index contributed by atoms with van der Waals surface area (Å²) in [5.41, 5.74) is 4.92. The molecule has 3 heterocycles. The van der Waals surface area contributed by atoms with Crippen molar-refractivity contribution in [2.45, 2.75) is 25.8 Å². The van der Waals surface area contributed by atoms with Gasteiger partial charge in [0.25, 0.3) is 0 Å². The summed E-state index contributed by atoms with van der Waals surface area (Å²) in [4.78, 5) is 20.8. The zero-order chi connectivity index (χ0) is 21.2. The van der Waals surface area contributed by atoms with Gasteiger partial charge >= 0.3 is 6.03 Å². The van der Waals surface area contributed by atoms with Crippen LogP contribution < -0.4 is 5.32 Å². The predicted molar refractivity (Wildman–Crippen MR) is 126 cm³/mol. The van der Waals surface area contributed by atoms with Crippen LogP contribution in [0.4, 0.5) is 4.79 Å². The lowest BCUT2D eigenvalue weighted by molar-refractivity contribution is 0.190. The van der Waals surface area contributed by atoms with E-state index >= 15 is 0 Å². The molecule has 5 nitrogen and oxygen atoms in total. The Labute approximate surface area is 188 Å². The van der Waals surface area contributed by atoms with Gasteiger partial charge in [-0.15, -0.1) is 0 Å². The summed E-state index contributed by atoms with van der Waals surface area (Å²) in [6, 6.07) is 16.6. The van der Waals surface area contributed by atoms with Gasteiger partial charge in [-0.05, 0) is 49.1 Å². The fourth-order valence-electron chi connectivity index (χ4n) is 4.92. The Bertz CT molecular complexity index is 1060. The van der Waals surface area contributed by atoms with Crippen molar-refractivity contribution in [2.75, 3.05) is 32.7 Å². The largest absolute Gasteiger partial charge is 0.358 e. The fourth-order valence-corrected chi connectivity index (χ4v) is 5.09. The first-order valence-corrected chi connectivity index (χ1v) is 11.6. The van der Waals surface area contributed by atoms with E-state index in [0.29, 0.717) is 12.5 Å². The number of carbonyl (C=O) groups excluding carboxylic acids is 1. The molecule has 2 aliphatic rings. The summed E-state index contributed by atoms with van der Waals surface area (Å²) in [5, 5.41) is 5.06. The van der Waals surface area contributed by atoms with E-state index in [1.54, 1.807) is 0 Å². The van der Waals surface area contributed by atoms with Crippen molar-refractivity contribution in [1.82, 2.24) is 20.1 Å². The molecular weight excluding hydrogens is 408 g/mol. The molecule has 0 radical (unpaired) electrons. The van der Waals surface area contributed by atoms with E-state index in [1.165, 1.54) is 16.8 Å². The quantitative estimate of drug-likeness (QED) is 0.620. The molecule has 2 amide bonds. The van der Waals surface area contributed by atoms with E-state index < -0.39 is 0 Å². The maximum atomic E-state index is 12.8. The predicted octanol–water partition coefficient (Wildman–Crippen LogP) is 4.45. The summed E-state index contributed by atoms with van der Waals surface area (Å²) < 4.78 is 0. The van der Waals surface area contributed by atoms with Crippen molar-refractivity contribution in [3.8, 4) is 0 Å². The van der Waals surface area contributed by atoms with Crippen LogP contribution in [0, 0.1) is 5.92 Å². The van der Waals surface area contributed by atoms with Gasteiger partial charge in [0, 0.05) is 66.3 Å². The molecule has 1 aromatic heterocycles. The molecule has 2 aromatic carbocycles. The topological polar surface area (TPSA) is 51.4 Å². The molecule has 0 aliphatic carbocycles. The van der Waals surface area contributed by atoms with Gasteiger partial charge in [-0.25, -0.2) is 4.79 Å². The number of aromatic amines is 1. The Kier molecular flexibility index (Phi) is 5.88. The number of benzene rings is 2.